The van der Waals surface area contributed by atoms with E-state index in [4.69, 9.17) is 20.2 Å². The van der Waals surface area contributed by atoms with Crippen molar-refractivity contribution in [1.29, 1.82) is 0 Å². The van der Waals surface area contributed by atoms with E-state index in [9.17, 15) is 4.79 Å². The number of hydrogen-bond acceptors (Lipinski definition) is 8. The number of anilines is 3. The van der Waals surface area contributed by atoms with Gasteiger partial charge in [0.1, 0.15) is 17.4 Å². The summed E-state index contributed by atoms with van der Waals surface area (Å²) in [5.41, 5.74) is 9.51. The van der Waals surface area contributed by atoms with Crippen molar-refractivity contribution in [2.45, 2.75) is 25.9 Å². The highest BCUT2D eigenvalue weighted by atomic mass is 16.5. The Morgan fingerprint density at radius 3 is 2.74 bits per heavy atom. The molecule has 0 unspecified atom stereocenters. The second-order valence-corrected chi connectivity index (χ2v) is 8.82. The van der Waals surface area contributed by atoms with Crippen LogP contribution in [0.4, 0.5) is 17.3 Å². The smallest absolute Gasteiger partial charge is 0.248 e. The maximum atomic E-state index is 12.0. The highest BCUT2D eigenvalue weighted by molar-refractivity contribution is 5.95. The first-order chi connectivity index (χ1) is 16.5. The van der Waals surface area contributed by atoms with E-state index in [1.54, 1.807) is 12.3 Å². The van der Waals surface area contributed by atoms with E-state index in [-0.39, 0.29) is 6.10 Å². The van der Waals surface area contributed by atoms with Gasteiger partial charge in [-0.2, -0.15) is 0 Å². The number of nitrogens with one attached hydrogen (secondary N) is 2. The summed E-state index contributed by atoms with van der Waals surface area (Å²) >= 11 is 0. The molecule has 3 heterocycles. The molecule has 0 spiro atoms. The third kappa shape index (κ3) is 5.05. The number of morpholine rings is 1. The van der Waals surface area contributed by atoms with Crippen LogP contribution in [0, 0.1) is 6.92 Å². The zero-order valence-electron chi connectivity index (χ0n) is 19.3. The zero-order chi connectivity index (χ0) is 23.5. The molecule has 0 aliphatic carbocycles. The molecule has 2 saturated heterocycles. The van der Waals surface area contributed by atoms with Crippen LogP contribution >= 0.6 is 0 Å². The fourth-order valence-electron chi connectivity index (χ4n) is 4.46. The summed E-state index contributed by atoms with van der Waals surface area (Å²) in [6.07, 6.45) is 3.90. The molecule has 178 valence electrons. The van der Waals surface area contributed by atoms with Gasteiger partial charge in [-0.15, -0.1) is 0 Å². The van der Waals surface area contributed by atoms with Crippen LogP contribution in [-0.4, -0.2) is 61.4 Å². The second-order valence-electron chi connectivity index (χ2n) is 8.82. The van der Waals surface area contributed by atoms with Crippen LogP contribution in [0.25, 0.3) is 10.9 Å². The number of fused-ring (bicyclic) bond motifs is 1. The van der Waals surface area contributed by atoms with Gasteiger partial charge in [0.25, 0.3) is 0 Å². The monoisotopic (exact) mass is 462 g/mol. The number of piperidine rings is 1. The molecule has 9 heteroatoms. The predicted octanol–water partition coefficient (Wildman–Crippen LogP) is 2.75. The number of nitrogens with zero attached hydrogens (tertiary/aromatic N) is 3. The van der Waals surface area contributed by atoms with E-state index in [1.165, 1.54) is 0 Å². The van der Waals surface area contributed by atoms with Crippen molar-refractivity contribution in [1.82, 2.24) is 15.3 Å². The Hall–Kier alpha value is -3.43. The molecule has 0 atom stereocenters. The van der Waals surface area contributed by atoms with Gasteiger partial charge < -0.3 is 30.7 Å². The summed E-state index contributed by atoms with van der Waals surface area (Å²) in [5, 5.41) is 7.56. The van der Waals surface area contributed by atoms with E-state index in [1.807, 2.05) is 25.1 Å². The van der Waals surface area contributed by atoms with Crippen molar-refractivity contribution in [3.8, 4) is 5.75 Å². The summed E-state index contributed by atoms with van der Waals surface area (Å²) < 4.78 is 11.8. The molecule has 1 aromatic heterocycles. The largest absolute Gasteiger partial charge is 0.488 e. The van der Waals surface area contributed by atoms with Crippen LogP contribution in [0.5, 0.6) is 5.75 Å². The molecule has 1 amide bonds. The fourth-order valence-corrected chi connectivity index (χ4v) is 4.46. The Morgan fingerprint density at radius 1 is 1.18 bits per heavy atom. The third-order valence-corrected chi connectivity index (χ3v) is 6.21. The Labute approximate surface area is 198 Å². The Morgan fingerprint density at radius 2 is 1.97 bits per heavy atom. The molecule has 0 radical (unpaired) electrons. The van der Waals surface area contributed by atoms with Crippen molar-refractivity contribution in [2.75, 3.05) is 49.6 Å². The number of carbonyl (C=O) groups excluding carboxylic acids is 1. The van der Waals surface area contributed by atoms with E-state index < -0.39 is 5.91 Å². The number of nitrogens with two attached hydrogens (primary N) is 1. The number of hydrogen-bond donors (Lipinski definition) is 3. The van der Waals surface area contributed by atoms with Gasteiger partial charge in [-0.05, 0) is 68.8 Å². The number of primary amides is 1. The summed E-state index contributed by atoms with van der Waals surface area (Å²) in [4.78, 5) is 23.4. The SMILES string of the molecule is Cc1cc(OC2CCNCC2)c2nc(Nc3cc(C(N)=O)cc(N4CCOCC4)c3)ncc2c1. The lowest BCUT2D eigenvalue weighted by Crippen LogP contribution is -2.36. The molecule has 9 nitrogen and oxygen atoms in total. The Kier molecular flexibility index (Phi) is 6.46. The average molecular weight is 463 g/mol. The summed E-state index contributed by atoms with van der Waals surface area (Å²) in [6.45, 7) is 6.77. The normalized spacial score (nSPS) is 17.0. The van der Waals surface area contributed by atoms with Crippen molar-refractivity contribution in [3.05, 3.63) is 47.7 Å². The highest BCUT2D eigenvalue weighted by Gasteiger charge is 2.18. The van der Waals surface area contributed by atoms with Gasteiger partial charge in [-0.25, -0.2) is 9.97 Å². The van der Waals surface area contributed by atoms with Crippen LogP contribution in [0.3, 0.4) is 0 Å². The molecule has 0 saturated carbocycles. The summed E-state index contributed by atoms with van der Waals surface area (Å²) in [6, 6.07) is 9.60. The highest BCUT2D eigenvalue weighted by Crippen LogP contribution is 2.30. The zero-order valence-corrected chi connectivity index (χ0v) is 19.3. The second kappa shape index (κ2) is 9.82. The van der Waals surface area contributed by atoms with E-state index in [2.05, 4.69) is 26.6 Å². The fraction of sp³-hybridized carbons (Fsp3) is 0.400. The van der Waals surface area contributed by atoms with Crippen molar-refractivity contribution >= 4 is 34.1 Å². The Balaban J connectivity index is 1.46. The average Bonchev–Trinajstić information content (AvgIpc) is 2.85. The van der Waals surface area contributed by atoms with Gasteiger partial charge in [0, 0.05) is 41.6 Å². The first-order valence-electron chi connectivity index (χ1n) is 11.7. The summed E-state index contributed by atoms with van der Waals surface area (Å²) in [7, 11) is 0. The topological polar surface area (TPSA) is 115 Å². The standard InChI is InChI=1S/C25H30N6O3/c1-16-10-18-15-28-25(30-23(18)22(11-16)34-21-2-4-27-5-3-21)29-19-12-17(24(26)32)13-20(14-19)31-6-8-33-9-7-31/h10-15,21,27H,2-9H2,1H3,(H2,26,32)(H,28,29,30). The first kappa shape index (κ1) is 22.4. The van der Waals surface area contributed by atoms with Crippen LogP contribution in [0.15, 0.2) is 36.5 Å². The summed E-state index contributed by atoms with van der Waals surface area (Å²) in [5.74, 6) is 0.721. The van der Waals surface area contributed by atoms with E-state index in [0.717, 1.165) is 66.9 Å². The first-order valence-corrected chi connectivity index (χ1v) is 11.7. The molecule has 2 fully saturated rings. The lowest BCUT2D eigenvalue weighted by Gasteiger charge is -2.29. The van der Waals surface area contributed by atoms with Gasteiger partial charge in [0.2, 0.25) is 11.9 Å². The minimum Gasteiger partial charge on any atom is -0.488 e. The molecule has 2 aromatic carbocycles. The number of ether oxygens (including phenoxy) is 2. The molecule has 0 bridgehead atoms. The molecule has 3 aromatic rings. The molecular weight excluding hydrogens is 432 g/mol. The van der Waals surface area contributed by atoms with Gasteiger partial charge in [-0.1, -0.05) is 0 Å². The van der Waals surface area contributed by atoms with Crippen LogP contribution in [0.2, 0.25) is 0 Å². The number of rotatable bonds is 6. The Bertz CT molecular complexity index is 1190. The van der Waals surface area contributed by atoms with E-state index >= 15 is 0 Å². The predicted molar refractivity (Wildman–Crippen MR) is 132 cm³/mol. The van der Waals surface area contributed by atoms with Gasteiger partial charge in [0.15, 0.2) is 0 Å². The number of amides is 1. The van der Waals surface area contributed by atoms with Gasteiger partial charge >= 0.3 is 0 Å². The van der Waals surface area contributed by atoms with E-state index in [0.29, 0.717) is 30.4 Å². The van der Waals surface area contributed by atoms with Crippen molar-refractivity contribution < 1.29 is 14.3 Å². The third-order valence-electron chi connectivity index (χ3n) is 6.21. The number of aryl methyl sites for hydroxylation is 1. The molecule has 2 aliphatic rings. The van der Waals surface area contributed by atoms with Gasteiger partial charge in [0.05, 0.1) is 13.2 Å². The van der Waals surface area contributed by atoms with Gasteiger partial charge in [-0.3, -0.25) is 4.79 Å². The van der Waals surface area contributed by atoms with Crippen LogP contribution in [-0.2, 0) is 4.74 Å². The molecule has 5 rings (SSSR count). The lowest BCUT2D eigenvalue weighted by atomic mass is 10.1. The maximum Gasteiger partial charge on any atom is 0.248 e. The van der Waals surface area contributed by atoms with Crippen molar-refractivity contribution in [3.63, 3.8) is 0 Å². The molecule has 4 N–H and O–H groups in total. The number of aromatic nitrogens is 2. The maximum absolute atomic E-state index is 12.0. The molecular formula is C25H30N6O3. The quantitative estimate of drug-likeness (QED) is 0.512. The molecule has 34 heavy (non-hydrogen) atoms. The minimum atomic E-state index is -0.481. The lowest BCUT2D eigenvalue weighted by molar-refractivity contribution is 0.100. The minimum absolute atomic E-state index is 0.168. The number of benzene rings is 2. The molecule has 2 aliphatic heterocycles. The van der Waals surface area contributed by atoms with Crippen LogP contribution in [0.1, 0.15) is 28.8 Å². The van der Waals surface area contributed by atoms with Crippen molar-refractivity contribution in [2.24, 2.45) is 5.73 Å². The van der Waals surface area contributed by atoms with Crippen LogP contribution < -0.4 is 26.0 Å². The number of carbonyl (C=O) groups is 1.